The molecule has 0 amide bonds. The number of carboxylic acid groups (broad SMARTS) is 1. The Hall–Kier alpha value is -0.570. The van der Waals surface area contributed by atoms with Crippen LogP contribution in [0.1, 0.15) is 32.1 Å². The molecule has 12 heavy (non-hydrogen) atoms. The third kappa shape index (κ3) is 0.829. The van der Waals surface area contributed by atoms with Crippen molar-refractivity contribution in [2.75, 3.05) is 7.11 Å². The molecule has 2 aliphatic rings. The quantitative estimate of drug-likeness (QED) is 0.681. The maximum absolute atomic E-state index is 11.0. The molecular formula is C9H14O3. The van der Waals surface area contributed by atoms with Gasteiger partial charge in [-0.25, -0.2) is 0 Å². The van der Waals surface area contributed by atoms with E-state index in [1.807, 2.05) is 0 Å². The zero-order valence-corrected chi connectivity index (χ0v) is 7.30. The highest BCUT2D eigenvalue weighted by Crippen LogP contribution is 2.57. The number of ether oxygens (including phenoxy) is 1. The van der Waals surface area contributed by atoms with Gasteiger partial charge in [0.2, 0.25) is 0 Å². The van der Waals surface area contributed by atoms with E-state index < -0.39 is 11.4 Å². The maximum atomic E-state index is 11.0. The number of carboxylic acids is 1. The third-order valence-electron chi connectivity index (χ3n) is 3.67. The molecule has 0 unspecified atom stereocenters. The van der Waals surface area contributed by atoms with Gasteiger partial charge in [-0.2, -0.15) is 0 Å². The van der Waals surface area contributed by atoms with Crippen molar-refractivity contribution >= 4 is 5.97 Å². The Kier molecular flexibility index (Phi) is 1.49. The highest BCUT2D eigenvalue weighted by atomic mass is 16.5. The van der Waals surface area contributed by atoms with Crippen molar-refractivity contribution in [3.05, 3.63) is 0 Å². The first-order valence-electron chi connectivity index (χ1n) is 4.41. The van der Waals surface area contributed by atoms with Crippen LogP contribution in [0.4, 0.5) is 0 Å². The second-order valence-corrected chi connectivity index (χ2v) is 4.15. The summed E-state index contributed by atoms with van der Waals surface area (Å²) in [4.78, 5) is 11.0. The Balaban J connectivity index is 2.23. The summed E-state index contributed by atoms with van der Waals surface area (Å²) in [6.45, 7) is 0. The van der Waals surface area contributed by atoms with Crippen LogP contribution in [0.5, 0.6) is 0 Å². The normalized spacial score (nSPS) is 45.1. The van der Waals surface area contributed by atoms with Crippen molar-refractivity contribution < 1.29 is 14.6 Å². The van der Waals surface area contributed by atoms with Gasteiger partial charge in [0.25, 0.3) is 0 Å². The van der Waals surface area contributed by atoms with Gasteiger partial charge >= 0.3 is 5.97 Å². The van der Waals surface area contributed by atoms with E-state index in [9.17, 15) is 4.79 Å². The van der Waals surface area contributed by atoms with Gasteiger partial charge in [0.05, 0.1) is 11.0 Å². The lowest BCUT2D eigenvalue weighted by molar-refractivity contribution is -0.148. The van der Waals surface area contributed by atoms with E-state index in [0.717, 1.165) is 32.1 Å². The first-order valence-corrected chi connectivity index (χ1v) is 4.41. The average molecular weight is 170 g/mol. The minimum atomic E-state index is -0.626. The Morgan fingerprint density at radius 3 is 2.17 bits per heavy atom. The summed E-state index contributed by atoms with van der Waals surface area (Å²) in [6.07, 6.45) is 4.18. The molecule has 1 N–H and O–H groups in total. The summed E-state index contributed by atoms with van der Waals surface area (Å²) in [5.41, 5.74) is -0.519. The SMILES string of the molecule is COC12CCC(C(=O)O)(CC1)C2. The molecule has 2 saturated carbocycles. The first kappa shape index (κ1) is 8.05. The second-order valence-electron chi connectivity index (χ2n) is 4.15. The van der Waals surface area contributed by atoms with Crippen LogP contribution in [0, 0.1) is 5.41 Å². The molecule has 0 aromatic rings. The van der Waals surface area contributed by atoms with Crippen molar-refractivity contribution in [2.24, 2.45) is 5.41 Å². The van der Waals surface area contributed by atoms with Crippen LogP contribution in [0.25, 0.3) is 0 Å². The Morgan fingerprint density at radius 2 is 1.92 bits per heavy atom. The number of carbonyl (C=O) groups is 1. The number of fused-ring (bicyclic) bond motifs is 2. The number of hydrogen-bond donors (Lipinski definition) is 1. The molecular weight excluding hydrogens is 156 g/mol. The molecule has 0 aromatic heterocycles. The lowest BCUT2D eigenvalue weighted by atomic mass is 9.84. The van der Waals surface area contributed by atoms with E-state index in [1.165, 1.54) is 0 Å². The van der Waals surface area contributed by atoms with Crippen molar-refractivity contribution in [1.29, 1.82) is 0 Å². The van der Waals surface area contributed by atoms with Crippen molar-refractivity contribution in [2.45, 2.75) is 37.7 Å². The smallest absolute Gasteiger partial charge is 0.309 e. The van der Waals surface area contributed by atoms with Crippen LogP contribution in [-0.4, -0.2) is 23.8 Å². The van der Waals surface area contributed by atoms with Gasteiger partial charge in [-0.1, -0.05) is 0 Å². The van der Waals surface area contributed by atoms with Crippen LogP contribution >= 0.6 is 0 Å². The highest BCUT2D eigenvalue weighted by molar-refractivity contribution is 5.76. The lowest BCUT2D eigenvalue weighted by Crippen LogP contribution is -2.25. The van der Waals surface area contributed by atoms with Gasteiger partial charge in [0.15, 0.2) is 0 Å². The molecule has 0 spiro atoms. The summed E-state index contributed by atoms with van der Waals surface area (Å²) in [7, 11) is 1.70. The van der Waals surface area contributed by atoms with E-state index >= 15 is 0 Å². The van der Waals surface area contributed by atoms with Crippen LogP contribution in [0.2, 0.25) is 0 Å². The van der Waals surface area contributed by atoms with Crippen molar-refractivity contribution in [1.82, 2.24) is 0 Å². The zero-order chi connectivity index (χ0) is 8.82. The standard InChI is InChI=1S/C9H14O3/c1-12-9-4-2-8(6-9,3-5-9)7(10)11/h2-6H2,1H3,(H,10,11). The van der Waals surface area contributed by atoms with Gasteiger partial charge in [-0.15, -0.1) is 0 Å². The summed E-state index contributed by atoms with van der Waals surface area (Å²) < 4.78 is 5.40. The monoisotopic (exact) mass is 170 g/mol. The van der Waals surface area contributed by atoms with E-state index in [-0.39, 0.29) is 5.60 Å². The van der Waals surface area contributed by atoms with Gasteiger partial charge < -0.3 is 9.84 Å². The molecule has 2 rings (SSSR count). The number of rotatable bonds is 2. The van der Waals surface area contributed by atoms with Crippen LogP contribution in [0.15, 0.2) is 0 Å². The second kappa shape index (κ2) is 2.22. The Morgan fingerprint density at radius 1 is 1.33 bits per heavy atom. The molecule has 68 valence electrons. The highest BCUT2D eigenvalue weighted by Gasteiger charge is 2.58. The molecule has 0 aromatic carbocycles. The summed E-state index contributed by atoms with van der Waals surface area (Å²) in [6, 6.07) is 0. The zero-order valence-electron chi connectivity index (χ0n) is 7.30. The minimum Gasteiger partial charge on any atom is -0.481 e. The molecule has 2 aliphatic carbocycles. The fourth-order valence-corrected chi connectivity index (χ4v) is 2.72. The number of methoxy groups -OCH3 is 1. The van der Waals surface area contributed by atoms with Crippen LogP contribution < -0.4 is 0 Å². The van der Waals surface area contributed by atoms with Gasteiger partial charge in [-0.05, 0) is 32.1 Å². The third-order valence-corrected chi connectivity index (χ3v) is 3.67. The van der Waals surface area contributed by atoms with Crippen molar-refractivity contribution in [3.8, 4) is 0 Å². The van der Waals surface area contributed by atoms with Gasteiger partial charge in [-0.3, -0.25) is 4.79 Å². The Labute approximate surface area is 71.7 Å². The average Bonchev–Trinajstić information content (AvgIpc) is 2.61. The fraction of sp³-hybridized carbons (Fsp3) is 0.889. The summed E-state index contributed by atoms with van der Waals surface area (Å²) >= 11 is 0. The van der Waals surface area contributed by atoms with Gasteiger partial charge in [0, 0.05) is 7.11 Å². The fourth-order valence-electron chi connectivity index (χ4n) is 2.72. The molecule has 0 aliphatic heterocycles. The molecule has 3 heteroatoms. The molecule has 2 bridgehead atoms. The van der Waals surface area contributed by atoms with E-state index in [0.29, 0.717) is 0 Å². The molecule has 2 fully saturated rings. The predicted octanol–water partition coefficient (Wildman–Crippen LogP) is 1.42. The number of hydrogen-bond acceptors (Lipinski definition) is 2. The maximum Gasteiger partial charge on any atom is 0.309 e. The molecule has 0 radical (unpaired) electrons. The number of aliphatic carboxylic acids is 1. The molecule has 0 atom stereocenters. The topological polar surface area (TPSA) is 46.5 Å². The van der Waals surface area contributed by atoms with Crippen LogP contribution in [-0.2, 0) is 9.53 Å². The Bertz CT molecular complexity index is 214. The van der Waals surface area contributed by atoms with Crippen LogP contribution in [0.3, 0.4) is 0 Å². The van der Waals surface area contributed by atoms with E-state index in [4.69, 9.17) is 9.84 Å². The van der Waals surface area contributed by atoms with Gasteiger partial charge in [0.1, 0.15) is 0 Å². The molecule has 3 nitrogen and oxygen atoms in total. The predicted molar refractivity (Wildman–Crippen MR) is 42.9 cm³/mol. The van der Waals surface area contributed by atoms with E-state index in [2.05, 4.69) is 0 Å². The minimum absolute atomic E-state index is 0.0849. The largest absolute Gasteiger partial charge is 0.481 e. The van der Waals surface area contributed by atoms with E-state index in [1.54, 1.807) is 7.11 Å². The summed E-state index contributed by atoms with van der Waals surface area (Å²) in [5, 5.41) is 9.04. The molecule has 0 heterocycles. The lowest BCUT2D eigenvalue weighted by Gasteiger charge is -2.24. The first-order chi connectivity index (χ1) is 5.63. The van der Waals surface area contributed by atoms with Crippen molar-refractivity contribution in [3.63, 3.8) is 0 Å². The summed E-state index contributed by atoms with van der Waals surface area (Å²) in [5.74, 6) is -0.626. The molecule has 0 saturated heterocycles.